The lowest BCUT2D eigenvalue weighted by molar-refractivity contribution is 0.0934. The van der Waals surface area contributed by atoms with Crippen LogP contribution in [0.5, 0.6) is 5.75 Å². The van der Waals surface area contributed by atoms with Crippen molar-refractivity contribution in [2.75, 3.05) is 7.11 Å². The second-order valence-corrected chi connectivity index (χ2v) is 7.12. The summed E-state index contributed by atoms with van der Waals surface area (Å²) in [6.45, 7) is 2.17. The first-order valence-corrected chi connectivity index (χ1v) is 9.39. The van der Waals surface area contributed by atoms with Crippen LogP contribution in [0.25, 0.3) is 0 Å². The summed E-state index contributed by atoms with van der Waals surface area (Å²) in [5.41, 5.74) is 1.90. The number of carbonyl (C=O) groups is 1. The van der Waals surface area contributed by atoms with Gasteiger partial charge in [0, 0.05) is 15.2 Å². The monoisotopic (exact) mass is 437 g/mol. The van der Waals surface area contributed by atoms with Gasteiger partial charge in [-0.2, -0.15) is 0 Å². The fourth-order valence-corrected chi connectivity index (χ4v) is 3.20. The Morgan fingerprint density at radius 3 is 2.71 bits per heavy atom. The molecular formula is C20H24INO2. The highest BCUT2D eigenvalue weighted by molar-refractivity contribution is 14.1. The third kappa shape index (κ3) is 5.82. The van der Waals surface area contributed by atoms with E-state index in [1.54, 1.807) is 7.11 Å². The zero-order chi connectivity index (χ0) is 17.4. The predicted octanol–water partition coefficient (Wildman–Crippen LogP) is 4.83. The third-order valence-electron chi connectivity index (χ3n) is 3.94. The molecule has 3 nitrogen and oxygen atoms in total. The van der Waals surface area contributed by atoms with Crippen LogP contribution < -0.4 is 10.1 Å². The number of amides is 1. The molecule has 24 heavy (non-hydrogen) atoms. The van der Waals surface area contributed by atoms with Crippen molar-refractivity contribution >= 4 is 28.5 Å². The van der Waals surface area contributed by atoms with E-state index < -0.39 is 0 Å². The lowest BCUT2D eigenvalue weighted by Gasteiger charge is -2.19. The average molecular weight is 437 g/mol. The molecule has 1 atom stereocenters. The largest absolute Gasteiger partial charge is 0.497 e. The molecule has 0 fully saturated rings. The van der Waals surface area contributed by atoms with E-state index in [0.717, 1.165) is 35.0 Å². The van der Waals surface area contributed by atoms with Gasteiger partial charge >= 0.3 is 0 Å². The minimum atomic E-state index is -0.00230. The molecule has 0 aliphatic rings. The minimum Gasteiger partial charge on any atom is -0.497 e. The molecule has 1 amide bonds. The molecule has 1 N–H and O–H groups in total. The van der Waals surface area contributed by atoms with Crippen molar-refractivity contribution in [2.45, 2.75) is 38.6 Å². The first-order valence-electron chi connectivity index (χ1n) is 8.31. The molecule has 0 spiro atoms. The van der Waals surface area contributed by atoms with Gasteiger partial charge in [-0.1, -0.05) is 38.0 Å². The van der Waals surface area contributed by atoms with Crippen LogP contribution in [0.4, 0.5) is 0 Å². The summed E-state index contributed by atoms with van der Waals surface area (Å²) < 4.78 is 6.36. The van der Waals surface area contributed by atoms with Crippen molar-refractivity contribution in [3.05, 3.63) is 63.2 Å². The van der Waals surface area contributed by atoms with Crippen LogP contribution in [0.3, 0.4) is 0 Å². The van der Waals surface area contributed by atoms with Gasteiger partial charge < -0.3 is 10.1 Å². The van der Waals surface area contributed by atoms with Crippen molar-refractivity contribution in [1.82, 2.24) is 5.32 Å². The molecular weight excluding hydrogens is 413 g/mol. The maximum absolute atomic E-state index is 12.5. The maximum atomic E-state index is 12.5. The Hall–Kier alpha value is -1.56. The summed E-state index contributed by atoms with van der Waals surface area (Å²) in [5, 5.41) is 3.20. The normalized spacial score (nSPS) is 11.8. The molecule has 2 aromatic carbocycles. The van der Waals surface area contributed by atoms with E-state index in [1.165, 1.54) is 5.56 Å². The zero-order valence-corrected chi connectivity index (χ0v) is 16.4. The molecule has 2 rings (SSSR count). The van der Waals surface area contributed by atoms with Crippen LogP contribution in [-0.2, 0) is 6.42 Å². The summed E-state index contributed by atoms with van der Waals surface area (Å²) >= 11 is 2.23. The van der Waals surface area contributed by atoms with Crippen LogP contribution in [0, 0.1) is 3.57 Å². The number of hydrogen-bond acceptors (Lipinski definition) is 2. The Balaban J connectivity index is 2.08. The van der Waals surface area contributed by atoms with Gasteiger partial charge in [0.25, 0.3) is 5.91 Å². The topological polar surface area (TPSA) is 38.3 Å². The van der Waals surface area contributed by atoms with Gasteiger partial charge in [0.2, 0.25) is 0 Å². The van der Waals surface area contributed by atoms with E-state index in [4.69, 9.17) is 4.74 Å². The number of halogens is 1. The van der Waals surface area contributed by atoms with E-state index in [-0.39, 0.29) is 11.9 Å². The SMILES string of the molecule is CCCC[C@@H](Cc1cccc(OC)c1)NC(=O)c1cccc(I)c1. The molecule has 4 heteroatoms. The lowest BCUT2D eigenvalue weighted by atomic mass is 10.00. The quantitative estimate of drug-likeness (QED) is 0.601. The van der Waals surface area contributed by atoms with Crippen LogP contribution in [0.2, 0.25) is 0 Å². The second-order valence-electron chi connectivity index (χ2n) is 5.88. The summed E-state index contributed by atoms with van der Waals surface area (Å²) in [4.78, 5) is 12.5. The minimum absolute atomic E-state index is 0.00230. The van der Waals surface area contributed by atoms with Crippen LogP contribution in [0.1, 0.15) is 42.1 Å². The molecule has 0 bridgehead atoms. The van der Waals surface area contributed by atoms with Gasteiger partial charge in [0.05, 0.1) is 7.11 Å². The van der Waals surface area contributed by atoms with E-state index >= 15 is 0 Å². The number of carbonyl (C=O) groups excluding carboxylic acids is 1. The number of benzene rings is 2. The van der Waals surface area contributed by atoms with Gasteiger partial charge in [0.15, 0.2) is 0 Å². The Morgan fingerprint density at radius 2 is 2.00 bits per heavy atom. The van der Waals surface area contributed by atoms with E-state index in [0.29, 0.717) is 5.56 Å². The number of rotatable bonds is 8. The lowest BCUT2D eigenvalue weighted by Crippen LogP contribution is -2.36. The number of ether oxygens (including phenoxy) is 1. The van der Waals surface area contributed by atoms with E-state index in [2.05, 4.69) is 40.9 Å². The van der Waals surface area contributed by atoms with Crippen LogP contribution in [-0.4, -0.2) is 19.1 Å². The van der Waals surface area contributed by atoms with E-state index in [1.807, 2.05) is 42.5 Å². The van der Waals surface area contributed by atoms with Crippen LogP contribution >= 0.6 is 22.6 Å². The Morgan fingerprint density at radius 1 is 1.21 bits per heavy atom. The Bertz CT molecular complexity index is 672. The third-order valence-corrected chi connectivity index (χ3v) is 4.62. The molecule has 0 saturated carbocycles. The number of hydrogen-bond donors (Lipinski definition) is 1. The molecule has 0 unspecified atom stereocenters. The summed E-state index contributed by atoms with van der Waals surface area (Å²) in [6.07, 6.45) is 4.01. The van der Waals surface area contributed by atoms with Crippen molar-refractivity contribution < 1.29 is 9.53 Å². The standard InChI is InChI=1S/C20H24INO2/c1-3-4-10-18(12-15-7-5-11-19(13-15)24-2)22-20(23)16-8-6-9-17(21)14-16/h5-9,11,13-14,18H,3-4,10,12H2,1-2H3,(H,22,23)/t18-/m0/s1. The van der Waals surface area contributed by atoms with Crippen LogP contribution in [0.15, 0.2) is 48.5 Å². The van der Waals surface area contributed by atoms with Crippen molar-refractivity contribution in [2.24, 2.45) is 0 Å². The Kier molecular flexibility index (Phi) is 7.56. The molecule has 0 aliphatic heterocycles. The molecule has 0 heterocycles. The van der Waals surface area contributed by atoms with Gasteiger partial charge in [0.1, 0.15) is 5.75 Å². The smallest absolute Gasteiger partial charge is 0.251 e. The van der Waals surface area contributed by atoms with E-state index in [9.17, 15) is 4.79 Å². The molecule has 0 saturated heterocycles. The first kappa shape index (κ1) is 18.8. The molecule has 0 aliphatic carbocycles. The number of methoxy groups -OCH3 is 1. The van der Waals surface area contributed by atoms with Gasteiger partial charge in [-0.05, 0) is 71.3 Å². The summed E-state index contributed by atoms with van der Waals surface area (Å²) in [5.74, 6) is 0.850. The van der Waals surface area contributed by atoms with Crippen molar-refractivity contribution in [1.29, 1.82) is 0 Å². The fraction of sp³-hybridized carbons (Fsp3) is 0.350. The van der Waals surface area contributed by atoms with Crippen molar-refractivity contribution in [3.8, 4) is 5.75 Å². The predicted molar refractivity (Wildman–Crippen MR) is 107 cm³/mol. The molecule has 0 aromatic heterocycles. The molecule has 128 valence electrons. The highest BCUT2D eigenvalue weighted by Crippen LogP contribution is 2.16. The highest BCUT2D eigenvalue weighted by atomic mass is 127. The maximum Gasteiger partial charge on any atom is 0.251 e. The van der Waals surface area contributed by atoms with Crippen molar-refractivity contribution in [3.63, 3.8) is 0 Å². The van der Waals surface area contributed by atoms with Gasteiger partial charge in [-0.15, -0.1) is 0 Å². The molecule has 0 radical (unpaired) electrons. The van der Waals surface area contributed by atoms with Gasteiger partial charge in [-0.3, -0.25) is 4.79 Å². The summed E-state index contributed by atoms with van der Waals surface area (Å²) in [6, 6.07) is 15.9. The fourth-order valence-electron chi connectivity index (χ4n) is 2.66. The second kappa shape index (κ2) is 9.67. The average Bonchev–Trinajstić information content (AvgIpc) is 2.59. The molecule has 2 aromatic rings. The zero-order valence-electron chi connectivity index (χ0n) is 14.2. The number of unbranched alkanes of at least 4 members (excludes halogenated alkanes) is 1. The first-order chi connectivity index (χ1) is 11.6. The highest BCUT2D eigenvalue weighted by Gasteiger charge is 2.14. The Labute approximate surface area is 157 Å². The summed E-state index contributed by atoms with van der Waals surface area (Å²) in [7, 11) is 1.67. The number of nitrogens with one attached hydrogen (secondary N) is 1. The van der Waals surface area contributed by atoms with Gasteiger partial charge in [-0.25, -0.2) is 0 Å².